The van der Waals surface area contributed by atoms with E-state index >= 15 is 0 Å². The summed E-state index contributed by atoms with van der Waals surface area (Å²) >= 11 is 0. The Bertz CT molecular complexity index is 428. The van der Waals surface area contributed by atoms with Gasteiger partial charge in [-0.1, -0.05) is 36.4 Å². The average molecular weight is 258 g/mol. The van der Waals surface area contributed by atoms with Gasteiger partial charge in [-0.2, -0.15) is 0 Å². The van der Waals surface area contributed by atoms with Crippen LogP contribution >= 0.6 is 0 Å². The van der Waals surface area contributed by atoms with Crippen molar-refractivity contribution in [1.82, 2.24) is 10.2 Å². The zero-order chi connectivity index (χ0) is 13.5. The van der Waals surface area contributed by atoms with Gasteiger partial charge in [0, 0.05) is 19.1 Å². The number of benzene rings is 1. The van der Waals surface area contributed by atoms with Crippen molar-refractivity contribution in [1.29, 1.82) is 0 Å². The first-order chi connectivity index (χ1) is 9.28. The maximum atomic E-state index is 11.6. The third kappa shape index (κ3) is 4.52. The summed E-state index contributed by atoms with van der Waals surface area (Å²) in [6.45, 7) is 4.89. The number of allylic oxidation sites excluding steroid dienone is 1. The van der Waals surface area contributed by atoms with Gasteiger partial charge in [0.05, 0.1) is 0 Å². The highest BCUT2D eigenvalue weighted by Crippen LogP contribution is 2.13. The second kappa shape index (κ2) is 7.10. The topological polar surface area (TPSA) is 32.3 Å². The molecule has 3 heteroatoms. The Morgan fingerprint density at radius 3 is 2.95 bits per heavy atom. The van der Waals surface area contributed by atoms with Crippen molar-refractivity contribution in [2.45, 2.75) is 32.4 Å². The van der Waals surface area contributed by atoms with Gasteiger partial charge in [0.25, 0.3) is 0 Å². The first-order valence-electron chi connectivity index (χ1n) is 6.97. The van der Waals surface area contributed by atoms with Crippen LogP contribution < -0.4 is 5.32 Å². The lowest BCUT2D eigenvalue weighted by molar-refractivity contribution is -0.117. The third-order valence-electron chi connectivity index (χ3n) is 3.42. The Morgan fingerprint density at radius 1 is 1.42 bits per heavy atom. The molecule has 1 aromatic carbocycles. The van der Waals surface area contributed by atoms with E-state index in [1.807, 2.05) is 13.0 Å². The zero-order valence-electron chi connectivity index (χ0n) is 11.5. The lowest BCUT2D eigenvalue weighted by Crippen LogP contribution is -2.46. The molecule has 0 spiro atoms. The lowest BCUT2D eigenvalue weighted by atomic mass is 10.0. The van der Waals surface area contributed by atoms with Crippen LogP contribution in [0.25, 0.3) is 0 Å². The van der Waals surface area contributed by atoms with E-state index < -0.39 is 0 Å². The largest absolute Gasteiger partial charge is 0.349 e. The second-order valence-corrected chi connectivity index (χ2v) is 5.07. The quantitative estimate of drug-likeness (QED) is 0.841. The Balaban J connectivity index is 1.85. The molecular weight excluding hydrogens is 236 g/mol. The van der Waals surface area contributed by atoms with Crippen molar-refractivity contribution in [3.63, 3.8) is 0 Å². The highest BCUT2D eigenvalue weighted by Gasteiger charge is 2.20. The second-order valence-electron chi connectivity index (χ2n) is 5.07. The number of carbonyl (C=O) groups excluding carboxylic acids is 1. The number of likely N-dealkylation sites (tertiary alicyclic amines) is 1. The van der Waals surface area contributed by atoms with Crippen LogP contribution in [0.3, 0.4) is 0 Å². The van der Waals surface area contributed by atoms with Crippen LogP contribution in [-0.2, 0) is 11.3 Å². The fraction of sp³-hybridized carbons (Fsp3) is 0.438. The Labute approximate surface area is 115 Å². The summed E-state index contributed by atoms with van der Waals surface area (Å²) in [5.74, 6) is 0.0223. The van der Waals surface area contributed by atoms with Gasteiger partial charge < -0.3 is 5.32 Å². The van der Waals surface area contributed by atoms with Crippen LogP contribution in [0.4, 0.5) is 0 Å². The van der Waals surface area contributed by atoms with E-state index in [9.17, 15) is 4.79 Å². The van der Waals surface area contributed by atoms with Crippen LogP contribution in [0, 0.1) is 0 Å². The molecule has 1 fully saturated rings. The molecule has 1 aromatic rings. The molecule has 1 unspecified atom stereocenters. The molecule has 1 atom stereocenters. The van der Waals surface area contributed by atoms with E-state index in [1.54, 1.807) is 12.2 Å². The van der Waals surface area contributed by atoms with Gasteiger partial charge in [-0.3, -0.25) is 9.69 Å². The molecule has 1 N–H and O–H groups in total. The number of rotatable bonds is 4. The molecule has 0 saturated carbocycles. The van der Waals surface area contributed by atoms with Crippen LogP contribution in [0.15, 0.2) is 42.5 Å². The molecule has 0 aromatic heterocycles. The molecule has 1 aliphatic heterocycles. The van der Waals surface area contributed by atoms with E-state index in [0.29, 0.717) is 0 Å². The monoisotopic (exact) mass is 258 g/mol. The van der Waals surface area contributed by atoms with Gasteiger partial charge in [-0.25, -0.2) is 0 Å². The van der Waals surface area contributed by atoms with Gasteiger partial charge >= 0.3 is 0 Å². The molecular formula is C16H22N2O. The predicted octanol–water partition coefficient (Wildman–Crippen LogP) is 2.34. The first-order valence-corrected chi connectivity index (χ1v) is 6.97. The summed E-state index contributed by atoms with van der Waals surface area (Å²) in [6.07, 6.45) is 5.60. The molecule has 19 heavy (non-hydrogen) atoms. The highest BCUT2D eigenvalue weighted by atomic mass is 16.1. The number of amides is 1. The molecule has 0 aliphatic carbocycles. The molecule has 1 heterocycles. The van der Waals surface area contributed by atoms with Gasteiger partial charge in [-0.05, 0) is 37.9 Å². The predicted molar refractivity (Wildman–Crippen MR) is 77.7 cm³/mol. The highest BCUT2D eigenvalue weighted by molar-refractivity contribution is 5.87. The molecule has 1 amide bonds. The summed E-state index contributed by atoms with van der Waals surface area (Å²) in [7, 11) is 0. The van der Waals surface area contributed by atoms with E-state index in [0.717, 1.165) is 32.5 Å². The molecule has 2 rings (SSSR count). The van der Waals surface area contributed by atoms with Crippen molar-refractivity contribution < 1.29 is 4.79 Å². The average Bonchev–Trinajstić information content (AvgIpc) is 2.40. The van der Waals surface area contributed by atoms with E-state index in [-0.39, 0.29) is 11.9 Å². The molecule has 0 radical (unpaired) electrons. The molecule has 102 valence electrons. The number of hydrogen-bond acceptors (Lipinski definition) is 2. The minimum Gasteiger partial charge on any atom is -0.349 e. The molecule has 1 saturated heterocycles. The van der Waals surface area contributed by atoms with Crippen molar-refractivity contribution in [2.24, 2.45) is 0 Å². The fourth-order valence-electron chi connectivity index (χ4n) is 2.56. The summed E-state index contributed by atoms with van der Waals surface area (Å²) in [5.41, 5.74) is 1.34. The molecule has 3 nitrogen and oxygen atoms in total. The fourth-order valence-corrected chi connectivity index (χ4v) is 2.56. The minimum atomic E-state index is 0.0223. The lowest BCUT2D eigenvalue weighted by Gasteiger charge is -2.33. The third-order valence-corrected chi connectivity index (χ3v) is 3.42. The van der Waals surface area contributed by atoms with Crippen LogP contribution in [-0.4, -0.2) is 29.9 Å². The summed E-state index contributed by atoms with van der Waals surface area (Å²) in [4.78, 5) is 14.0. The number of hydrogen-bond donors (Lipinski definition) is 1. The van der Waals surface area contributed by atoms with Gasteiger partial charge in [-0.15, -0.1) is 0 Å². The van der Waals surface area contributed by atoms with Gasteiger partial charge in [0.15, 0.2) is 0 Å². The van der Waals surface area contributed by atoms with Crippen LogP contribution in [0.5, 0.6) is 0 Å². The molecule has 0 bridgehead atoms. The van der Waals surface area contributed by atoms with Gasteiger partial charge in [0.2, 0.25) is 5.91 Å². The Kier molecular flexibility index (Phi) is 5.16. The van der Waals surface area contributed by atoms with Crippen molar-refractivity contribution in [3.8, 4) is 0 Å². The number of nitrogens with one attached hydrogen (secondary N) is 1. The smallest absolute Gasteiger partial charge is 0.243 e. The van der Waals surface area contributed by atoms with E-state index in [1.165, 1.54) is 5.56 Å². The zero-order valence-corrected chi connectivity index (χ0v) is 11.5. The molecule has 1 aliphatic rings. The maximum Gasteiger partial charge on any atom is 0.243 e. The summed E-state index contributed by atoms with van der Waals surface area (Å²) < 4.78 is 0. The normalized spacial score (nSPS) is 20.6. The Morgan fingerprint density at radius 2 is 2.21 bits per heavy atom. The maximum absolute atomic E-state index is 11.6. The van der Waals surface area contributed by atoms with Crippen molar-refractivity contribution in [2.75, 3.05) is 13.1 Å². The minimum absolute atomic E-state index is 0.0223. The van der Waals surface area contributed by atoms with E-state index in [2.05, 4.69) is 34.5 Å². The van der Waals surface area contributed by atoms with Gasteiger partial charge in [0.1, 0.15) is 0 Å². The first kappa shape index (κ1) is 13.8. The summed E-state index contributed by atoms with van der Waals surface area (Å²) in [5, 5.41) is 3.07. The van der Waals surface area contributed by atoms with Crippen molar-refractivity contribution in [3.05, 3.63) is 48.0 Å². The Hall–Kier alpha value is -1.61. The van der Waals surface area contributed by atoms with Crippen LogP contribution in [0.2, 0.25) is 0 Å². The standard InChI is InChI=1S/C16H22N2O/c1-2-7-16(19)17-15-10-6-11-18(13-15)12-14-8-4-3-5-9-14/h2-5,7-9,15H,6,10-13H2,1H3,(H,17,19). The summed E-state index contributed by atoms with van der Waals surface area (Å²) in [6, 6.07) is 10.8. The number of carbonyl (C=O) groups is 1. The van der Waals surface area contributed by atoms with Crippen molar-refractivity contribution >= 4 is 5.91 Å². The number of piperidine rings is 1. The number of nitrogens with zero attached hydrogens (tertiary/aromatic N) is 1. The SMILES string of the molecule is CC=CC(=O)NC1CCCN(Cc2ccccc2)C1. The van der Waals surface area contributed by atoms with E-state index in [4.69, 9.17) is 0 Å². The van der Waals surface area contributed by atoms with Crippen LogP contribution in [0.1, 0.15) is 25.3 Å².